The summed E-state index contributed by atoms with van der Waals surface area (Å²) in [5.74, 6) is -0.130. The van der Waals surface area contributed by atoms with Crippen LogP contribution >= 0.6 is 0 Å². The van der Waals surface area contributed by atoms with E-state index in [-0.39, 0.29) is 11.9 Å². The maximum atomic E-state index is 11.9. The largest absolute Gasteiger partial charge is 0.469 e. The molecule has 3 rings (SSSR count). The van der Waals surface area contributed by atoms with Gasteiger partial charge in [-0.15, -0.1) is 0 Å². The fourth-order valence-corrected chi connectivity index (χ4v) is 3.21. The topological polar surface area (TPSA) is 42.4 Å². The van der Waals surface area contributed by atoms with E-state index in [9.17, 15) is 4.79 Å². The fraction of sp³-hybridized carbons (Fsp3) is 0.444. The summed E-state index contributed by atoms with van der Waals surface area (Å²) in [6, 6.07) is 10.4. The molecule has 2 heterocycles. The van der Waals surface area contributed by atoms with Gasteiger partial charge in [-0.3, -0.25) is 9.78 Å². The third kappa shape index (κ3) is 2.78. The van der Waals surface area contributed by atoms with Crippen LogP contribution in [0.15, 0.2) is 30.3 Å². The Kier molecular flexibility index (Phi) is 4.27. The molecule has 0 bridgehead atoms. The van der Waals surface area contributed by atoms with Gasteiger partial charge < -0.3 is 9.64 Å². The van der Waals surface area contributed by atoms with Gasteiger partial charge in [0.1, 0.15) is 0 Å². The second-order valence-electron chi connectivity index (χ2n) is 5.81. The number of benzene rings is 1. The molecule has 0 radical (unpaired) electrons. The Morgan fingerprint density at radius 2 is 2.23 bits per heavy atom. The van der Waals surface area contributed by atoms with Crippen molar-refractivity contribution in [3.05, 3.63) is 36.0 Å². The van der Waals surface area contributed by atoms with Crippen LogP contribution in [0.1, 0.15) is 25.5 Å². The summed E-state index contributed by atoms with van der Waals surface area (Å²) in [4.78, 5) is 18.9. The number of fused-ring (bicyclic) bond motifs is 1. The number of piperidine rings is 1. The first-order valence-corrected chi connectivity index (χ1v) is 7.94. The van der Waals surface area contributed by atoms with Gasteiger partial charge >= 0.3 is 5.97 Å². The number of hydrogen-bond acceptors (Lipinski definition) is 4. The van der Waals surface area contributed by atoms with E-state index < -0.39 is 0 Å². The molecule has 0 amide bonds. The second-order valence-corrected chi connectivity index (χ2v) is 5.81. The van der Waals surface area contributed by atoms with Crippen LogP contribution < -0.4 is 4.90 Å². The Balaban J connectivity index is 1.99. The van der Waals surface area contributed by atoms with Gasteiger partial charge in [0.05, 0.1) is 18.5 Å². The van der Waals surface area contributed by atoms with Crippen molar-refractivity contribution < 1.29 is 9.53 Å². The molecule has 116 valence electrons. The molecule has 1 aliphatic rings. The van der Waals surface area contributed by atoms with Crippen LogP contribution in [0.5, 0.6) is 0 Å². The summed E-state index contributed by atoms with van der Waals surface area (Å²) in [5.41, 5.74) is 3.31. The summed E-state index contributed by atoms with van der Waals surface area (Å²) in [5, 5.41) is 1.16. The van der Waals surface area contributed by atoms with E-state index in [0.29, 0.717) is 0 Å². The number of ether oxygens (including phenoxy) is 1. The zero-order chi connectivity index (χ0) is 15.5. The van der Waals surface area contributed by atoms with E-state index >= 15 is 0 Å². The van der Waals surface area contributed by atoms with Gasteiger partial charge in [-0.1, -0.05) is 25.1 Å². The molecule has 0 aliphatic carbocycles. The molecule has 1 aliphatic heterocycles. The zero-order valence-corrected chi connectivity index (χ0v) is 13.2. The first-order valence-electron chi connectivity index (χ1n) is 7.94. The highest BCUT2D eigenvalue weighted by Gasteiger charge is 2.27. The average molecular weight is 298 g/mol. The number of aryl methyl sites for hydroxylation is 1. The van der Waals surface area contributed by atoms with Gasteiger partial charge in [0.25, 0.3) is 0 Å². The lowest BCUT2D eigenvalue weighted by molar-refractivity contribution is -0.145. The third-order valence-corrected chi connectivity index (χ3v) is 4.41. The number of pyridine rings is 1. The number of methoxy groups -OCH3 is 1. The van der Waals surface area contributed by atoms with E-state index in [0.717, 1.165) is 48.9 Å². The van der Waals surface area contributed by atoms with Gasteiger partial charge in [-0.2, -0.15) is 0 Å². The van der Waals surface area contributed by atoms with Crippen molar-refractivity contribution in [1.82, 2.24) is 4.98 Å². The predicted octanol–water partition coefficient (Wildman–Crippen LogP) is 3.19. The average Bonchev–Trinajstić information content (AvgIpc) is 2.60. The maximum Gasteiger partial charge on any atom is 0.310 e. The highest BCUT2D eigenvalue weighted by molar-refractivity contribution is 5.92. The van der Waals surface area contributed by atoms with Crippen molar-refractivity contribution in [3.63, 3.8) is 0 Å². The number of carbonyl (C=O) groups is 1. The van der Waals surface area contributed by atoms with Gasteiger partial charge in [0, 0.05) is 29.9 Å². The highest BCUT2D eigenvalue weighted by Crippen LogP contribution is 2.30. The Morgan fingerprint density at radius 1 is 1.41 bits per heavy atom. The number of rotatable bonds is 3. The normalized spacial score (nSPS) is 18.5. The van der Waals surface area contributed by atoms with Gasteiger partial charge in [0.15, 0.2) is 0 Å². The lowest BCUT2D eigenvalue weighted by Gasteiger charge is -2.34. The Labute approximate surface area is 131 Å². The van der Waals surface area contributed by atoms with Crippen molar-refractivity contribution in [1.29, 1.82) is 0 Å². The molecular weight excluding hydrogens is 276 g/mol. The number of nitrogens with zero attached hydrogens (tertiary/aromatic N) is 2. The van der Waals surface area contributed by atoms with Crippen molar-refractivity contribution in [2.24, 2.45) is 5.92 Å². The highest BCUT2D eigenvalue weighted by atomic mass is 16.5. The predicted molar refractivity (Wildman–Crippen MR) is 88.1 cm³/mol. The molecule has 0 N–H and O–H groups in total. The summed E-state index contributed by atoms with van der Waals surface area (Å²) < 4.78 is 4.93. The lowest BCUT2D eigenvalue weighted by Crippen LogP contribution is -2.39. The first kappa shape index (κ1) is 14.8. The summed E-state index contributed by atoms with van der Waals surface area (Å²) in [6.07, 6.45) is 2.83. The first-order chi connectivity index (χ1) is 10.7. The van der Waals surface area contributed by atoms with Crippen LogP contribution in [-0.4, -0.2) is 31.2 Å². The monoisotopic (exact) mass is 298 g/mol. The van der Waals surface area contributed by atoms with E-state index in [1.807, 2.05) is 12.1 Å². The van der Waals surface area contributed by atoms with Gasteiger partial charge in [0.2, 0.25) is 0 Å². The minimum atomic E-state index is -0.0984. The molecule has 1 atom stereocenters. The Hall–Kier alpha value is -2.10. The molecule has 0 unspecified atom stereocenters. The molecule has 4 heteroatoms. The standard InChI is InChI=1S/C18H22N2O2/c1-3-14-11-17(15-8-4-5-9-16(15)19-14)20-10-6-7-13(12-20)18(21)22-2/h4-5,8-9,11,13H,3,6-7,10,12H2,1-2H3/t13-/m0/s1. The number of aromatic nitrogens is 1. The molecule has 0 spiro atoms. The zero-order valence-electron chi connectivity index (χ0n) is 13.2. The molecule has 22 heavy (non-hydrogen) atoms. The molecule has 0 saturated carbocycles. The van der Waals surface area contributed by atoms with E-state index in [2.05, 4.69) is 30.0 Å². The number of anilines is 1. The quantitative estimate of drug-likeness (QED) is 0.816. The van der Waals surface area contributed by atoms with Crippen molar-refractivity contribution in [2.75, 3.05) is 25.1 Å². The minimum Gasteiger partial charge on any atom is -0.469 e. The number of carbonyl (C=O) groups excluding carboxylic acids is 1. The SMILES string of the molecule is CCc1cc(N2CCC[C@H](C(=O)OC)C2)c2ccccc2n1. The number of para-hydroxylation sites is 1. The van der Waals surface area contributed by atoms with E-state index in [4.69, 9.17) is 9.72 Å². The van der Waals surface area contributed by atoms with Crippen molar-refractivity contribution >= 4 is 22.6 Å². The smallest absolute Gasteiger partial charge is 0.310 e. The Morgan fingerprint density at radius 3 is 3.00 bits per heavy atom. The van der Waals surface area contributed by atoms with Crippen LogP contribution in [-0.2, 0) is 16.0 Å². The molecule has 1 aromatic carbocycles. The minimum absolute atomic E-state index is 0.0317. The van der Waals surface area contributed by atoms with Crippen LogP contribution in [0.2, 0.25) is 0 Å². The second kappa shape index (κ2) is 6.34. The lowest BCUT2D eigenvalue weighted by atomic mass is 9.97. The fourth-order valence-electron chi connectivity index (χ4n) is 3.21. The maximum absolute atomic E-state index is 11.9. The summed E-state index contributed by atoms with van der Waals surface area (Å²) >= 11 is 0. The van der Waals surface area contributed by atoms with Gasteiger partial charge in [-0.25, -0.2) is 0 Å². The third-order valence-electron chi connectivity index (χ3n) is 4.41. The van der Waals surface area contributed by atoms with E-state index in [1.165, 1.54) is 12.8 Å². The Bertz CT molecular complexity index is 684. The molecule has 1 aromatic heterocycles. The van der Waals surface area contributed by atoms with Crippen molar-refractivity contribution in [2.45, 2.75) is 26.2 Å². The van der Waals surface area contributed by atoms with Crippen molar-refractivity contribution in [3.8, 4) is 0 Å². The van der Waals surface area contributed by atoms with E-state index in [1.54, 1.807) is 0 Å². The molecular formula is C18H22N2O2. The van der Waals surface area contributed by atoms with Crippen LogP contribution in [0.3, 0.4) is 0 Å². The van der Waals surface area contributed by atoms with Crippen LogP contribution in [0, 0.1) is 5.92 Å². The molecule has 1 fully saturated rings. The molecule has 4 nitrogen and oxygen atoms in total. The summed E-state index contributed by atoms with van der Waals surface area (Å²) in [6.45, 7) is 3.82. The summed E-state index contributed by atoms with van der Waals surface area (Å²) in [7, 11) is 1.47. The molecule has 1 saturated heterocycles. The van der Waals surface area contributed by atoms with Crippen LogP contribution in [0.4, 0.5) is 5.69 Å². The number of hydrogen-bond donors (Lipinski definition) is 0. The molecule has 2 aromatic rings. The number of esters is 1. The van der Waals surface area contributed by atoms with Crippen LogP contribution in [0.25, 0.3) is 10.9 Å². The van der Waals surface area contributed by atoms with Gasteiger partial charge in [-0.05, 0) is 31.4 Å².